The fourth-order valence-corrected chi connectivity index (χ4v) is 3.96. The minimum Gasteiger partial charge on any atom is -1.00 e. The number of benzene rings is 1. The molecule has 0 saturated heterocycles. The molecule has 9 heteroatoms. The van der Waals surface area contributed by atoms with E-state index in [4.69, 9.17) is 5.73 Å². The van der Waals surface area contributed by atoms with Gasteiger partial charge < -0.3 is 18.1 Å². The Kier molecular flexibility index (Phi) is 5.72. The zero-order valence-electron chi connectivity index (χ0n) is 17.2. The summed E-state index contributed by atoms with van der Waals surface area (Å²) < 4.78 is 6.16. The second-order valence-electron chi connectivity index (χ2n) is 7.57. The van der Waals surface area contributed by atoms with Gasteiger partial charge >= 0.3 is 5.69 Å². The number of imidazole rings is 1. The summed E-state index contributed by atoms with van der Waals surface area (Å²) in [5.41, 5.74) is 7.91. The zero-order valence-corrected chi connectivity index (χ0v) is 17.9. The smallest absolute Gasteiger partial charge is 0.332 e. The third-order valence-electron chi connectivity index (χ3n) is 5.64. The Labute approximate surface area is 179 Å². The van der Waals surface area contributed by atoms with Crippen LogP contribution in [0.25, 0.3) is 11.3 Å². The highest BCUT2D eigenvalue weighted by Crippen LogP contribution is 2.25. The number of nitrogens with two attached hydrogens (primary N) is 1. The molecule has 0 fully saturated rings. The number of nitrogen functional groups attached to an aromatic ring is 1. The Hall–Kier alpha value is -3.13. The Balaban J connectivity index is 0.00000256. The van der Waals surface area contributed by atoms with Crippen molar-refractivity contribution >= 4 is 11.6 Å². The molecule has 0 saturated carbocycles. The van der Waals surface area contributed by atoms with E-state index >= 15 is 0 Å². The van der Waals surface area contributed by atoms with Gasteiger partial charge in [-0.25, -0.2) is 13.9 Å². The number of halogens is 1. The molecule has 30 heavy (non-hydrogen) atoms. The maximum Gasteiger partial charge on any atom is 0.332 e. The van der Waals surface area contributed by atoms with Crippen molar-refractivity contribution in [2.75, 3.05) is 5.73 Å². The lowest BCUT2D eigenvalue weighted by atomic mass is 10.1. The fourth-order valence-electron chi connectivity index (χ4n) is 3.96. The van der Waals surface area contributed by atoms with Crippen molar-refractivity contribution in [3.05, 3.63) is 68.3 Å². The van der Waals surface area contributed by atoms with Crippen LogP contribution in [0.5, 0.6) is 0 Å². The molecule has 158 valence electrons. The number of hydrogen-bond acceptors (Lipinski definition) is 4. The van der Waals surface area contributed by atoms with Crippen molar-refractivity contribution in [1.29, 1.82) is 0 Å². The first-order valence-electron chi connectivity index (χ1n) is 9.57. The van der Waals surface area contributed by atoms with Crippen LogP contribution < -0.4 is 34.0 Å². The molecule has 0 amide bonds. The van der Waals surface area contributed by atoms with Crippen LogP contribution in [0.3, 0.4) is 0 Å². The monoisotopic (exact) mass is 429 g/mol. The van der Waals surface area contributed by atoms with Crippen molar-refractivity contribution < 1.29 is 21.8 Å². The lowest BCUT2D eigenvalue weighted by Gasteiger charge is -2.10. The maximum absolute atomic E-state index is 13.0. The molecule has 0 spiro atoms. The molecule has 0 aliphatic carbocycles. The minimum atomic E-state index is -0.661. The predicted molar refractivity (Wildman–Crippen MR) is 109 cm³/mol. The molecule has 1 aliphatic rings. The highest BCUT2D eigenvalue weighted by atomic mass is 35.5. The third kappa shape index (κ3) is 3.37. The molecule has 0 atom stereocenters. The lowest BCUT2D eigenvalue weighted by Crippen LogP contribution is -3.00. The first kappa shape index (κ1) is 21.6. The van der Waals surface area contributed by atoms with Crippen molar-refractivity contribution in [2.45, 2.75) is 32.9 Å². The van der Waals surface area contributed by atoms with Gasteiger partial charge in [-0.2, -0.15) is 0 Å². The van der Waals surface area contributed by atoms with Gasteiger partial charge in [0.05, 0.1) is 13.0 Å². The van der Waals surface area contributed by atoms with Crippen LogP contribution in [-0.2, 0) is 33.6 Å². The number of fused-ring (bicyclic) bond motifs is 1. The van der Waals surface area contributed by atoms with E-state index in [-0.39, 0.29) is 30.3 Å². The number of Topliss-reactive ketones (excluding diaryl/α,β-unsaturated/α-hetero) is 1. The summed E-state index contributed by atoms with van der Waals surface area (Å²) in [4.78, 5) is 37.6. The van der Waals surface area contributed by atoms with Crippen molar-refractivity contribution in [3.63, 3.8) is 0 Å². The topological polar surface area (TPSA) is 95.9 Å². The van der Waals surface area contributed by atoms with E-state index in [9.17, 15) is 14.4 Å². The Morgan fingerprint density at radius 1 is 1.13 bits per heavy atom. The number of anilines is 1. The number of aromatic nitrogens is 4. The number of aryl methyl sites for hydroxylation is 1. The molecule has 8 nitrogen and oxygen atoms in total. The number of nitrogens with zero attached hydrogens (tertiary/aromatic N) is 4. The third-order valence-corrected chi connectivity index (χ3v) is 5.64. The fraction of sp³-hybridized carbons (Fsp3) is 0.333. The molecular weight excluding hydrogens is 406 g/mol. The van der Waals surface area contributed by atoms with Gasteiger partial charge in [0.25, 0.3) is 11.4 Å². The van der Waals surface area contributed by atoms with Gasteiger partial charge in [-0.3, -0.25) is 18.7 Å². The highest BCUT2D eigenvalue weighted by Gasteiger charge is 2.31. The van der Waals surface area contributed by atoms with Gasteiger partial charge in [0.2, 0.25) is 5.78 Å². The molecule has 3 aromatic rings. The molecule has 0 unspecified atom stereocenters. The van der Waals surface area contributed by atoms with Crippen LogP contribution >= 0.6 is 0 Å². The maximum atomic E-state index is 13.0. The zero-order chi connectivity index (χ0) is 20.9. The normalized spacial score (nSPS) is 12.5. The average Bonchev–Trinajstić information content (AvgIpc) is 3.30. The van der Waals surface area contributed by atoms with Crippen LogP contribution in [0.1, 0.15) is 28.2 Å². The number of carbonyl (C=O) groups excluding carboxylic acids is 1. The van der Waals surface area contributed by atoms with Crippen LogP contribution in [0, 0.1) is 6.92 Å². The van der Waals surface area contributed by atoms with Crippen LogP contribution in [-0.4, -0.2) is 19.5 Å². The van der Waals surface area contributed by atoms with E-state index in [2.05, 4.69) is 28.8 Å². The number of ketones is 1. The number of hydrogen-bond donors (Lipinski definition) is 1. The van der Waals surface area contributed by atoms with E-state index < -0.39 is 17.0 Å². The van der Waals surface area contributed by atoms with E-state index in [1.807, 2.05) is 17.7 Å². The molecule has 2 aromatic heterocycles. The van der Waals surface area contributed by atoms with Crippen molar-refractivity contribution in [1.82, 2.24) is 13.7 Å². The lowest BCUT2D eigenvalue weighted by molar-refractivity contribution is -0.689. The summed E-state index contributed by atoms with van der Waals surface area (Å²) in [6.07, 6.45) is 3.83. The Morgan fingerprint density at radius 3 is 2.47 bits per heavy atom. The molecule has 0 bridgehead atoms. The van der Waals surface area contributed by atoms with E-state index in [0.29, 0.717) is 0 Å². The number of carbonyl (C=O) groups is 1. The van der Waals surface area contributed by atoms with Crippen LogP contribution in [0.2, 0.25) is 0 Å². The Bertz CT molecular complexity index is 1250. The summed E-state index contributed by atoms with van der Waals surface area (Å²) in [6, 6.07) is 8.27. The molecule has 3 heterocycles. The van der Waals surface area contributed by atoms with Gasteiger partial charge in [0, 0.05) is 19.7 Å². The second-order valence-corrected chi connectivity index (χ2v) is 7.57. The summed E-state index contributed by atoms with van der Waals surface area (Å²) in [6.45, 7) is 2.94. The molecule has 4 rings (SSSR count). The summed E-state index contributed by atoms with van der Waals surface area (Å²) in [5, 5.41) is 0. The number of rotatable bonds is 4. The van der Waals surface area contributed by atoms with E-state index in [1.165, 1.54) is 19.7 Å². The highest BCUT2D eigenvalue weighted by molar-refractivity contribution is 5.98. The SMILES string of the molecule is Cc1ccc(-c2c[n+](CC(=O)c3c(N)n(C)c(=O)n(C)c3=O)c3n2CCC3)cc1.[Cl-]. The predicted octanol–water partition coefficient (Wildman–Crippen LogP) is -2.44. The quantitative estimate of drug-likeness (QED) is 0.368. The van der Waals surface area contributed by atoms with Crippen molar-refractivity contribution in [3.8, 4) is 11.3 Å². The van der Waals surface area contributed by atoms with E-state index in [0.717, 1.165) is 45.6 Å². The molecule has 1 aliphatic heterocycles. The van der Waals surface area contributed by atoms with Gasteiger partial charge in [-0.05, 0) is 13.3 Å². The largest absolute Gasteiger partial charge is 1.00 e. The minimum absolute atomic E-state index is 0. The van der Waals surface area contributed by atoms with Gasteiger partial charge in [-0.15, -0.1) is 0 Å². The standard InChI is InChI=1S/C21H23N5O3.ClH/c1-13-6-8-14(9-7-13)15-11-25(17-5-4-10-26(15)17)12-16(27)18-19(22)23(2)21(29)24(3)20(18)28;/h6-9,11H,4-5,10,12H2,1-3H3,(H-,22,27,28);1H. The average molecular weight is 430 g/mol. The molecular formula is C21H24ClN5O3. The van der Waals surface area contributed by atoms with Crippen LogP contribution in [0.4, 0.5) is 5.82 Å². The second kappa shape index (κ2) is 7.95. The molecule has 0 radical (unpaired) electrons. The Morgan fingerprint density at radius 2 is 1.80 bits per heavy atom. The first-order valence-corrected chi connectivity index (χ1v) is 9.57. The first-order chi connectivity index (χ1) is 13.8. The van der Waals surface area contributed by atoms with Crippen molar-refractivity contribution in [2.24, 2.45) is 14.1 Å². The molecule has 1 aromatic carbocycles. The van der Waals surface area contributed by atoms with Gasteiger partial charge in [-0.1, -0.05) is 29.8 Å². The molecule has 2 N–H and O–H groups in total. The van der Waals surface area contributed by atoms with Gasteiger partial charge in [0.15, 0.2) is 12.2 Å². The summed E-state index contributed by atoms with van der Waals surface area (Å²) in [7, 11) is 2.80. The summed E-state index contributed by atoms with van der Waals surface area (Å²) in [5.74, 6) is 0.548. The van der Waals surface area contributed by atoms with Gasteiger partial charge in [0.1, 0.15) is 17.6 Å². The van der Waals surface area contributed by atoms with Crippen LogP contribution in [0.15, 0.2) is 40.1 Å². The van der Waals surface area contributed by atoms with E-state index in [1.54, 1.807) is 0 Å². The summed E-state index contributed by atoms with van der Waals surface area (Å²) >= 11 is 0.